The fourth-order valence-electron chi connectivity index (χ4n) is 12.2. The molecule has 3 unspecified atom stereocenters. The number of ether oxygens (including phenoxy) is 4. The summed E-state index contributed by atoms with van der Waals surface area (Å²) >= 11 is 0. The van der Waals surface area contributed by atoms with Gasteiger partial charge in [-0.2, -0.15) is 15.2 Å². The van der Waals surface area contributed by atoms with Crippen molar-refractivity contribution in [1.82, 2.24) is 43.4 Å². The fourth-order valence-corrected chi connectivity index (χ4v) is 16.5. The fraction of sp³-hybridized carbons (Fsp3) is 0.481. The van der Waals surface area contributed by atoms with Crippen molar-refractivity contribution < 1.29 is 80.3 Å². The summed E-state index contributed by atoms with van der Waals surface area (Å²) in [5.41, 5.74) is 0.451. The van der Waals surface area contributed by atoms with Crippen molar-refractivity contribution in [2.45, 2.75) is 173 Å². The predicted octanol–water partition coefficient (Wildman–Crippen LogP) is 9.13. The number of benzene rings is 4. The number of nitrogens with zero attached hydrogens (tertiary/aromatic N) is 10. The van der Waals surface area contributed by atoms with Gasteiger partial charge in [-0.15, -0.1) is 0 Å². The molecule has 9 atom stereocenters. The highest BCUT2D eigenvalue weighted by atomic mass is 31.2. The Kier molecular flexibility index (Phi) is 29.3. The molecule has 0 spiro atoms. The van der Waals surface area contributed by atoms with Gasteiger partial charge in [-0.05, 0) is 125 Å². The molecule has 34 heteroatoms. The van der Waals surface area contributed by atoms with Gasteiger partial charge in [-0.3, -0.25) is 57.3 Å². The Bertz CT molecular complexity index is 4490. The van der Waals surface area contributed by atoms with Crippen LogP contribution in [0.1, 0.15) is 150 Å². The van der Waals surface area contributed by atoms with E-state index in [-0.39, 0.29) is 109 Å². The molecule has 8 amide bonds. The third-order valence-electron chi connectivity index (χ3n) is 20.6. The summed E-state index contributed by atoms with van der Waals surface area (Å²) in [5, 5.41) is 25.7. The highest BCUT2D eigenvalue weighted by Crippen LogP contribution is 2.52. The molecule has 3 N–H and O–H groups in total. The van der Waals surface area contributed by atoms with E-state index in [1.807, 2.05) is 40.8 Å². The summed E-state index contributed by atoms with van der Waals surface area (Å²) in [6.45, 7) is 28.3. The molecule has 31 nitrogen and oxygen atoms in total. The lowest BCUT2D eigenvalue weighted by molar-refractivity contribution is -0.131. The molecule has 0 saturated carbocycles. The molecule has 113 heavy (non-hydrogen) atoms. The molecule has 4 aliphatic heterocycles. The number of aliphatic hydroxyl groups is 1. The number of imide groups is 2. The Morgan fingerprint density at radius 2 is 0.929 bits per heavy atom. The number of hydrogen-bond donors (Lipinski definition) is 3. The van der Waals surface area contributed by atoms with Crippen molar-refractivity contribution >= 4 is 84.1 Å². The number of amides is 8. The minimum absolute atomic E-state index is 0.0235. The lowest BCUT2D eigenvalue weighted by atomic mass is 10.1. The van der Waals surface area contributed by atoms with E-state index in [1.54, 1.807) is 116 Å². The van der Waals surface area contributed by atoms with E-state index in [4.69, 9.17) is 36.8 Å². The molecule has 6 aromatic rings. The molecule has 0 radical (unpaired) electrons. The Morgan fingerprint density at radius 3 is 1.31 bits per heavy atom. The second kappa shape index (κ2) is 37.8. The van der Waals surface area contributed by atoms with Gasteiger partial charge < -0.3 is 62.4 Å². The van der Waals surface area contributed by atoms with E-state index in [9.17, 15) is 58.3 Å². The van der Waals surface area contributed by atoms with Crippen LogP contribution < -0.4 is 22.0 Å². The van der Waals surface area contributed by atoms with Gasteiger partial charge >= 0.3 is 11.4 Å². The number of likely N-dealkylation sites (N-methyl/N-ethyl adjacent to an activating group) is 2. The third-order valence-corrected chi connectivity index (χ3v) is 31.7. The first-order valence-electron chi connectivity index (χ1n) is 37.4. The zero-order chi connectivity index (χ0) is 82.6. The highest BCUT2D eigenvalue weighted by molar-refractivity contribution is 7.44. The van der Waals surface area contributed by atoms with Crippen LogP contribution in [-0.4, -0.2) is 234 Å². The summed E-state index contributed by atoms with van der Waals surface area (Å²) < 4.78 is 56.7. The second-order valence-electron chi connectivity index (χ2n) is 31.3. The van der Waals surface area contributed by atoms with Crippen LogP contribution >= 0.6 is 8.53 Å². The number of fused-ring (bicyclic) bond motifs is 2. The molecule has 606 valence electrons. The van der Waals surface area contributed by atoms with Crippen molar-refractivity contribution in [2.24, 2.45) is 0 Å². The predicted molar refractivity (Wildman–Crippen MR) is 424 cm³/mol. The van der Waals surface area contributed by atoms with E-state index in [0.717, 1.165) is 9.80 Å². The Labute approximate surface area is 660 Å². The number of carbonyl (C=O) groups excluding carboxylic acids is 8. The summed E-state index contributed by atoms with van der Waals surface area (Å²) in [6, 6.07) is 35.1. The quantitative estimate of drug-likeness (QED) is 0.0153. The minimum atomic E-state index is -2.65. The molecule has 4 aliphatic rings. The van der Waals surface area contributed by atoms with Gasteiger partial charge in [-0.1, -0.05) is 102 Å². The number of nitriles is 1. The highest BCUT2D eigenvalue weighted by Gasteiger charge is 2.55. The molecule has 10 rings (SSSR count). The number of hydrogen-bond acceptors (Lipinski definition) is 23. The average Bonchev–Trinajstić information content (AvgIpc) is 1.65. The van der Waals surface area contributed by atoms with Crippen LogP contribution in [-0.2, 0) is 46.4 Å². The molecular formula is C79H103N12O19PSi2. The van der Waals surface area contributed by atoms with Gasteiger partial charge in [-0.25, -0.2) is 14.3 Å². The molecule has 6 heterocycles. The first-order valence-corrected chi connectivity index (χ1v) is 44.3. The molecule has 2 aromatic heterocycles. The van der Waals surface area contributed by atoms with Crippen LogP contribution in [0.3, 0.4) is 0 Å². The van der Waals surface area contributed by atoms with Crippen LogP contribution in [0.4, 0.5) is 11.6 Å². The van der Waals surface area contributed by atoms with Gasteiger partial charge in [0.25, 0.3) is 44.0 Å². The molecule has 2 fully saturated rings. The molecule has 0 aliphatic carbocycles. The zero-order valence-electron chi connectivity index (χ0n) is 66.8. The largest absolute Gasteiger partial charge is 0.407 e. The third kappa shape index (κ3) is 21.2. The standard InChI is InChI=1S/C44H60N7O10PSi.C35H43N5O9Si/c1-29(2)51(30(3)4)62(58-25-16-22-45)60-37-34(28-57-26-24-48(8)36(52)27-50-40(54)32-19-14-15-20-33(32)41(50)55)59-42(38(37)61-63(9,10)44(5,6)7)49-23-21-35(47-43(49)56)46-39(53)31-17-12-11-13-18-31;1-35(2,3)50(5,6)49-29-28(42)25(48-33(29)39-17-16-26(37-34(39)46)36-30(43)22-12-8-7-9-13-22)21-47-19-18-38(4)27(41)20-40-31(44)23-14-10-11-15-24(23)32(40)45/h11-15,17-21,23,29-30,34,37-38,42H,16,24-28H2,1-10H3,(H,46,47,53,56);7-17,25,28-29,33,42H,18-21H2,1-6H3,(H,36,37,43,46)/t34-,37?,38+,42-,62?;25-,28?,29+,33-/m11/s1. The molecule has 4 aromatic carbocycles. The first kappa shape index (κ1) is 87.7. The van der Waals surface area contributed by atoms with Crippen LogP contribution in [0.15, 0.2) is 143 Å². The van der Waals surface area contributed by atoms with Gasteiger partial charge in [0.05, 0.1) is 67.8 Å². The number of aliphatic hydroxyl groups excluding tert-OH is 1. The van der Waals surface area contributed by atoms with Crippen LogP contribution in [0, 0.1) is 11.3 Å². The van der Waals surface area contributed by atoms with Crippen molar-refractivity contribution in [3.8, 4) is 6.07 Å². The summed E-state index contributed by atoms with van der Waals surface area (Å²) in [5.74, 6) is -3.70. The minimum Gasteiger partial charge on any atom is -0.407 e. The summed E-state index contributed by atoms with van der Waals surface area (Å²) in [7, 11) is -3.87. The maximum atomic E-state index is 13.9. The van der Waals surface area contributed by atoms with E-state index >= 15 is 0 Å². The van der Waals surface area contributed by atoms with Gasteiger partial charge in [0.2, 0.25) is 11.8 Å². The van der Waals surface area contributed by atoms with Crippen LogP contribution in [0.2, 0.25) is 36.3 Å². The maximum absolute atomic E-state index is 13.9. The van der Waals surface area contributed by atoms with E-state index in [1.165, 1.54) is 50.5 Å². The first-order chi connectivity index (χ1) is 53.3. The number of rotatable bonds is 32. The Morgan fingerprint density at radius 1 is 0.558 bits per heavy atom. The zero-order valence-corrected chi connectivity index (χ0v) is 69.7. The van der Waals surface area contributed by atoms with E-state index in [0.29, 0.717) is 11.1 Å². The smallest absolute Gasteiger partial charge is 0.351 e. The second-order valence-corrected chi connectivity index (χ2v) is 42.3. The van der Waals surface area contributed by atoms with E-state index in [2.05, 4.69) is 86.0 Å². The van der Waals surface area contributed by atoms with Crippen LogP contribution in [0.25, 0.3) is 0 Å². The van der Waals surface area contributed by atoms with Crippen molar-refractivity contribution in [3.05, 3.63) is 188 Å². The van der Waals surface area contributed by atoms with Gasteiger partial charge in [0, 0.05) is 62.8 Å². The average molecular weight is 1610 g/mol. The monoisotopic (exact) mass is 1610 g/mol. The van der Waals surface area contributed by atoms with Gasteiger partial charge in [0.15, 0.2) is 29.1 Å². The lowest BCUT2D eigenvalue weighted by Crippen LogP contribution is -2.50. The molecular weight excluding hydrogens is 1510 g/mol. The normalized spacial score (nSPS) is 20.0. The van der Waals surface area contributed by atoms with E-state index < -0.39 is 146 Å². The number of nitrogens with one attached hydrogen (secondary N) is 2. The maximum Gasteiger partial charge on any atom is 0.351 e. The number of carbonyl (C=O) groups is 8. The van der Waals surface area contributed by atoms with Crippen molar-refractivity contribution in [2.75, 3.05) is 83.9 Å². The summed E-state index contributed by atoms with van der Waals surface area (Å²) in [4.78, 5) is 143. The molecule has 2 saturated heterocycles. The van der Waals surface area contributed by atoms with Crippen molar-refractivity contribution in [3.63, 3.8) is 0 Å². The van der Waals surface area contributed by atoms with Gasteiger partial charge in [0.1, 0.15) is 61.3 Å². The topological polar surface area (TPSA) is 364 Å². The number of anilines is 2. The van der Waals surface area contributed by atoms with Crippen molar-refractivity contribution in [1.29, 1.82) is 5.26 Å². The number of aromatic nitrogens is 4. The Hall–Kier alpha value is -9.25. The molecule has 0 bridgehead atoms. The lowest BCUT2D eigenvalue weighted by Gasteiger charge is -2.42. The SMILES string of the molecule is CC(C)N(C(C)C)P(OCCC#N)OC1[C@@H](COCCN(C)C(=O)CN2C(=O)c3ccccc3C2=O)O[C@@H](n2ccc(NC(=O)c3ccccc3)nc2=O)[C@H]1O[Si](C)(C)C(C)(C)C.CN(CCOC[C@H]1O[C@@H](n2ccc(NC(=O)c3ccccc3)nc2=O)[C@@H](O[Si](C)(C)C(C)(C)C)C1O)C(=O)CN1C(=O)c2ccccc2C1=O. The van der Waals surface area contributed by atoms with Crippen LogP contribution in [0.5, 0.6) is 0 Å². The summed E-state index contributed by atoms with van der Waals surface area (Å²) in [6.07, 6.45) is -4.65. The Balaban J connectivity index is 0.000000266.